The van der Waals surface area contributed by atoms with Gasteiger partial charge in [0.15, 0.2) is 5.82 Å². The number of rotatable bonds is 11. The zero-order valence-electron chi connectivity index (χ0n) is 22.0. The van der Waals surface area contributed by atoms with Crippen LogP contribution >= 0.6 is 11.8 Å². The van der Waals surface area contributed by atoms with E-state index in [1.807, 2.05) is 25.1 Å². The molecular weight excluding hydrogens is 528 g/mol. The van der Waals surface area contributed by atoms with Gasteiger partial charge in [-0.25, -0.2) is 0 Å². The van der Waals surface area contributed by atoms with Crippen LogP contribution in [0.4, 0.5) is 11.5 Å². The van der Waals surface area contributed by atoms with E-state index < -0.39 is 11.8 Å². The lowest BCUT2D eigenvalue weighted by atomic mass is 10.1. The molecule has 0 aliphatic rings. The number of hydrogen-bond acceptors (Lipinski definition) is 7. The molecule has 3 N–H and O–H groups in total. The van der Waals surface area contributed by atoms with E-state index in [2.05, 4.69) is 21.1 Å². The summed E-state index contributed by atoms with van der Waals surface area (Å²) in [5, 5.41) is 12.0. The summed E-state index contributed by atoms with van der Waals surface area (Å²) in [7, 11) is 0. The molecule has 0 radical (unpaired) electrons. The highest BCUT2D eigenvalue weighted by atomic mass is 32.2. The number of nitrogens with one attached hydrogen (secondary N) is 3. The quantitative estimate of drug-likeness (QED) is 0.164. The highest BCUT2D eigenvalue weighted by Crippen LogP contribution is 2.23. The molecule has 40 heavy (non-hydrogen) atoms. The number of aryl methyl sites for hydroxylation is 1. The van der Waals surface area contributed by atoms with Gasteiger partial charge >= 0.3 is 0 Å². The monoisotopic (exact) mass is 556 g/mol. The number of aromatic nitrogens is 1. The van der Waals surface area contributed by atoms with Gasteiger partial charge in [-0.2, -0.15) is 0 Å². The number of benzene rings is 3. The molecule has 0 fully saturated rings. The minimum Gasteiger partial charge on any atom is -0.493 e. The van der Waals surface area contributed by atoms with Crippen molar-refractivity contribution in [1.29, 1.82) is 0 Å². The summed E-state index contributed by atoms with van der Waals surface area (Å²) in [4.78, 5) is 39.2. The number of para-hydroxylation sites is 1. The Bertz CT molecular complexity index is 1500. The summed E-state index contributed by atoms with van der Waals surface area (Å²) in [5.41, 5.74) is 1.64. The second kappa shape index (κ2) is 13.8. The van der Waals surface area contributed by atoms with Gasteiger partial charge in [0.1, 0.15) is 17.2 Å². The first kappa shape index (κ1) is 28.2. The molecule has 0 aliphatic heterocycles. The van der Waals surface area contributed by atoms with E-state index in [9.17, 15) is 14.4 Å². The van der Waals surface area contributed by atoms with Crippen molar-refractivity contribution in [2.75, 3.05) is 23.0 Å². The molecule has 4 rings (SSSR count). The SMILES string of the molecule is CCOc1ccccc1/C=C(\NC(=O)c1ccccc1)C(=O)Nc1ccc(SCC(=O)Nc2cc(C)on2)cc1. The third-order valence-electron chi connectivity index (χ3n) is 5.43. The Labute approximate surface area is 236 Å². The third-order valence-corrected chi connectivity index (χ3v) is 6.44. The van der Waals surface area contributed by atoms with Crippen molar-refractivity contribution in [3.8, 4) is 5.75 Å². The average Bonchev–Trinajstić information content (AvgIpc) is 3.37. The molecule has 0 saturated carbocycles. The summed E-state index contributed by atoms with van der Waals surface area (Å²) in [6.45, 7) is 4.07. The highest BCUT2D eigenvalue weighted by Gasteiger charge is 2.16. The van der Waals surface area contributed by atoms with Crippen molar-refractivity contribution in [2.45, 2.75) is 18.7 Å². The topological polar surface area (TPSA) is 123 Å². The molecule has 1 aromatic heterocycles. The maximum Gasteiger partial charge on any atom is 0.272 e. The Morgan fingerprint density at radius 2 is 1.68 bits per heavy atom. The number of ether oxygens (including phenoxy) is 1. The molecule has 0 bridgehead atoms. The molecule has 1 heterocycles. The predicted molar refractivity (Wildman–Crippen MR) is 155 cm³/mol. The van der Waals surface area contributed by atoms with Gasteiger partial charge in [-0.1, -0.05) is 41.6 Å². The van der Waals surface area contributed by atoms with Gasteiger partial charge in [-0.3, -0.25) is 14.4 Å². The van der Waals surface area contributed by atoms with Crippen LogP contribution in [0.1, 0.15) is 28.6 Å². The molecule has 0 aliphatic carbocycles. The first-order valence-corrected chi connectivity index (χ1v) is 13.5. The normalized spacial score (nSPS) is 11.0. The number of carbonyl (C=O) groups is 3. The fourth-order valence-corrected chi connectivity index (χ4v) is 4.27. The van der Waals surface area contributed by atoms with Gasteiger partial charge < -0.3 is 25.2 Å². The van der Waals surface area contributed by atoms with Crippen LogP contribution in [0.15, 0.2) is 100 Å². The van der Waals surface area contributed by atoms with Crippen molar-refractivity contribution in [1.82, 2.24) is 10.5 Å². The molecule has 3 aromatic carbocycles. The first-order chi connectivity index (χ1) is 19.4. The molecule has 204 valence electrons. The van der Waals surface area contributed by atoms with E-state index in [1.54, 1.807) is 79.7 Å². The first-order valence-electron chi connectivity index (χ1n) is 12.5. The van der Waals surface area contributed by atoms with E-state index in [0.29, 0.717) is 40.7 Å². The van der Waals surface area contributed by atoms with Crippen LogP contribution in [0.25, 0.3) is 6.08 Å². The summed E-state index contributed by atoms with van der Waals surface area (Å²) in [6, 6.07) is 24.6. The molecule has 10 heteroatoms. The van der Waals surface area contributed by atoms with Gasteiger partial charge in [0.05, 0.1) is 12.4 Å². The lowest BCUT2D eigenvalue weighted by molar-refractivity contribution is -0.114. The van der Waals surface area contributed by atoms with Crippen molar-refractivity contribution in [3.63, 3.8) is 0 Å². The van der Waals surface area contributed by atoms with Gasteiger partial charge in [-0.15, -0.1) is 11.8 Å². The minimum absolute atomic E-state index is 0.0548. The Kier molecular flexibility index (Phi) is 9.73. The standard InChI is InChI=1S/C30H28N4O5S/c1-3-38-26-12-8-7-11-22(26)18-25(32-29(36)21-9-5-4-6-10-21)30(37)31-23-13-15-24(16-14-23)40-19-28(35)33-27-17-20(2)39-34-27/h4-18H,3,19H2,1-2H3,(H,31,37)(H,32,36)(H,33,34,35)/b25-18-. The van der Waals surface area contributed by atoms with Crippen LogP contribution in [0.3, 0.4) is 0 Å². The Balaban J connectivity index is 1.45. The van der Waals surface area contributed by atoms with Gasteiger partial charge in [0.25, 0.3) is 11.8 Å². The Morgan fingerprint density at radius 1 is 0.950 bits per heavy atom. The molecule has 0 atom stereocenters. The Hall–Kier alpha value is -4.83. The summed E-state index contributed by atoms with van der Waals surface area (Å²) >= 11 is 1.34. The zero-order chi connectivity index (χ0) is 28.3. The van der Waals surface area contributed by atoms with Gasteiger partial charge in [0, 0.05) is 27.8 Å². The molecule has 0 saturated heterocycles. The fraction of sp³-hybridized carbons (Fsp3) is 0.133. The molecule has 4 aromatic rings. The number of anilines is 2. The fourth-order valence-electron chi connectivity index (χ4n) is 3.57. The number of hydrogen-bond donors (Lipinski definition) is 3. The smallest absolute Gasteiger partial charge is 0.272 e. The molecule has 0 spiro atoms. The summed E-state index contributed by atoms with van der Waals surface area (Å²) < 4.78 is 10.6. The van der Waals surface area contributed by atoms with Crippen LogP contribution < -0.4 is 20.7 Å². The molecule has 9 nitrogen and oxygen atoms in total. The highest BCUT2D eigenvalue weighted by molar-refractivity contribution is 8.00. The van der Waals surface area contributed by atoms with Crippen LogP contribution in [0.5, 0.6) is 5.75 Å². The second-order valence-electron chi connectivity index (χ2n) is 8.49. The zero-order valence-corrected chi connectivity index (χ0v) is 22.8. The van der Waals surface area contributed by atoms with E-state index >= 15 is 0 Å². The van der Waals surface area contributed by atoms with E-state index in [4.69, 9.17) is 9.26 Å². The Morgan fingerprint density at radius 3 is 2.38 bits per heavy atom. The maximum absolute atomic E-state index is 13.3. The lowest BCUT2D eigenvalue weighted by Gasteiger charge is -2.13. The third kappa shape index (κ3) is 8.08. The van der Waals surface area contributed by atoms with E-state index in [1.165, 1.54) is 11.8 Å². The summed E-state index contributed by atoms with van der Waals surface area (Å²) in [6.07, 6.45) is 1.58. The molecule has 0 unspecified atom stereocenters. The van der Waals surface area contributed by atoms with Crippen LogP contribution in [-0.2, 0) is 9.59 Å². The van der Waals surface area contributed by atoms with E-state index in [-0.39, 0.29) is 17.4 Å². The minimum atomic E-state index is -0.502. The predicted octanol–water partition coefficient (Wildman–Crippen LogP) is 5.52. The van der Waals surface area contributed by atoms with Crippen LogP contribution in [0.2, 0.25) is 0 Å². The number of amides is 3. The summed E-state index contributed by atoms with van der Waals surface area (Å²) in [5.74, 6) is 0.611. The van der Waals surface area contributed by atoms with Crippen molar-refractivity contribution < 1.29 is 23.6 Å². The molecular formula is C30H28N4O5S. The average molecular weight is 557 g/mol. The molecule has 3 amide bonds. The number of carbonyl (C=O) groups excluding carboxylic acids is 3. The lowest BCUT2D eigenvalue weighted by Crippen LogP contribution is -2.30. The van der Waals surface area contributed by atoms with Crippen LogP contribution in [0, 0.1) is 6.92 Å². The number of nitrogens with zero attached hydrogens (tertiary/aromatic N) is 1. The van der Waals surface area contributed by atoms with Crippen molar-refractivity contribution in [3.05, 3.63) is 108 Å². The number of thioether (sulfide) groups is 1. The van der Waals surface area contributed by atoms with Crippen molar-refractivity contribution in [2.24, 2.45) is 0 Å². The van der Waals surface area contributed by atoms with Crippen LogP contribution in [-0.4, -0.2) is 35.2 Å². The maximum atomic E-state index is 13.3. The van der Waals surface area contributed by atoms with E-state index in [0.717, 1.165) is 4.90 Å². The largest absolute Gasteiger partial charge is 0.493 e. The van der Waals surface area contributed by atoms with Crippen molar-refractivity contribution >= 4 is 47.1 Å². The van der Waals surface area contributed by atoms with Gasteiger partial charge in [-0.05, 0) is 62.4 Å². The second-order valence-corrected chi connectivity index (χ2v) is 9.54. The van der Waals surface area contributed by atoms with Gasteiger partial charge in [0.2, 0.25) is 5.91 Å².